The maximum absolute atomic E-state index is 13.2. The van der Waals surface area contributed by atoms with Crippen LogP contribution in [0.25, 0.3) is 0 Å². The molecule has 1 unspecified atom stereocenters. The fourth-order valence-corrected chi connectivity index (χ4v) is 3.72. The number of aromatic nitrogens is 1. The predicted octanol–water partition coefficient (Wildman–Crippen LogP) is 3.36. The van der Waals surface area contributed by atoms with Crippen molar-refractivity contribution in [1.29, 1.82) is 5.26 Å². The van der Waals surface area contributed by atoms with Gasteiger partial charge in [-0.1, -0.05) is 24.4 Å². The highest BCUT2D eigenvalue weighted by Gasteiger charge is 2.34. The topological polar surface area (TPSA) is 33.2 Å². The molecule has 1 N–H and O–H groups in total. The number of hydrogen-bond donors (Lipinski definition) is 1. The van der Waals surface area contributed by atoms with Gasteiger partial charge < -0.3 is 4.90 Å². The van der Waals surface area contributed by atoms with Gasteiger partial charge >= 0.3 is 0 Å². The van der Waals surface area contributed by atoms with E-state index in [1.54, 1.807) is 0 Å². The second-order valence-electron chi connectivity index (χ2n) is 6.95. The summed E-state index contributed by atoms with van der Waals surface area (Å²) >= 11 is 5.61. The lowest BCUT2D eigenvalue weighted by Crippen LogP contribution is -3.11. The van der Waals surface area contributed by atoms with E-state index in [0.717, 1.165) is 35.6 Å². The van der Waals surface area contributed by atoms with Crippen molar-refractivity contribution in [3.8, 4) is 6.07 Å². The molecule has 1 aliphatic rings. The molecule has 5 heteroatoms. The minimum absolute atomic E-state index is 0.206. The number of quaternary nitrogens is 1. The molecule has 0 amide bonds. The summed E-state index contributed by atoms with van der Waals surface area (Å²) in [4.78, 5) is 1.41. The Morgan fingerprint density at radius 1 is 1.20 bits per heavy atom. The van der Waals surface area contributed by atoms with Gasteiger partial charge in [0.05, 0.1) is 11.6 Å². The van der Waals surface area contributed by atoms with Crippen LogP contribution in [0.15, 0.2) is 24.3 Å². The SMILES string of the molecule is Cc1c(C)c(C)n(C[NH+](Cc2ccc(F)cc2)C2CC2)c(=S)c1C#N. The highest BCUT2D eigenvalue weighted by molar-refractivity contribution is 7.71. The first-order chi connectivity index (χ1) is 11.9. The molecule has 1 aromatic carbocycles. The Bertz CT molecular complexity index is 889. The Kier molecular flexibility index (Phi) is 5.03. The third-order valence-corrected chi connectivity index (χ3v) is 5.74. The average Bonchev–Trinajstić information content (AvgIpc) is 3.43. The van der Waals surface area contributed by atoms with Crippen LogP contribution in [0, 0.1) is 42.6 Å². The van der Waals surface area contributed by atoms with E-state index in [0.29, 0.717) is 16.2 Å². The fourth-order valence-electron chi connectivity index (χ4n) is 3.32. The minimum atomic E-state index is -0.206. The molecular formula is C20H23FN3S+. The lowest BCUT2D eigenvalue weighted by Gasteiger charge is -2.24. The van der Waals surface area contributed by atoms with Crippen LogP contribution in [-0.4, -0.2) is 10.6 Å². The smallest absolute Gasteiger partial charge is 0.158 e. The Hall–Kier alpha value is -2.03. The van der Waals surface area contributed by atoms with Crippen LogP contribution >= 0.6 is 12.2 Å². The third-order valence-electron chi connectivity index (χ3n) is 5.32. The van der Waals surface area contributed by atoms with E-state index in [2.05, 4.69) is 17.6 Å². The Morgan fingerprint density at radius 3 is 2.40 bits per heavy atom. The zero-order chi connectivity index (χ0) is 18.1. The zero-order valence-electron chi connectivity index (χ0n) is 14.9. The summed E-state index contributed by atoms with van der Waals surface area (Å²) < 4.78 is 15.9. The van der Waals surface area contributed by atoms with Gasteiger partial charge in [0.2, 0.25) is 0 Å². The summed E-state index contributed by atoms with van der Waals surface area (Å²) in [6, 6.07) is 9.61. The van der Waals surface area contributed by atoms with E-state index in [9.17, 15) is 9.65 Å². The molecule has 3 rings (SSSR count). The Balaban J connectivity index is 1.93. The van der Waals surface area contributed by atoms with Crippen LogP contribution in [0.2, 0.25) is 0 Å². The molecule has 1 atom stereocenters. The molecule has 1 fully saturated rings. The minimum Gasteiger partial charge on any atom is -0.311 e. The number of halogens is 1. The van der Waals surface area contributed by atoms with Gasteiger partial charge in [-0.25, -0.2) is 4.39 Å². The van der Waals surface area contributed by atoms with Gasteiger partial charge in [-0.2, -0.15) is 5.26 Å². The number of nitriles is 1. The number of benzene rings is 1. The van der Waals surface area contributed by atoms with E-state index >= 15 is 0 Å². The molecule has 0 spiro atoms. The average molecular weight is 356 g/mol. The second-order valence-corrected chi connectivity index (χ2v) is 7.34. The van der Waals surface area contributed by atoms with Crippen molar-refractivity contribution in [2.24, 2.45) is 0 Å². The first-order valence-electron chi connectivity index (χ1n) is 8.62. The predicted molar refractivity (Wildman–Crippen MR) is 98.3 cm³/mol. The van der Waals surface area contributed by atoms with E-state index in [4.69, 9.17) is 12.2 Å². The summed E-state index contributed by atoms with van der Waals surface area (Å²) in [5, 5.41) is 9.48. The number of nitrogens with zero attached hydrogens (tertiary/aromatic N) is 2. The van der Waals surface area contributed by atoms with Gasteiger partial charge in [-0.3, -0.25) is 4.57 Å². The molecular weight excluding hydrogens is 333 g/mol. The summed E-state index contributed by atoms with van der Waals surface area (Å²) in [6.45, 7) is 7.66. The molecule has 130 valence electrons. The summed E-state index contributed by atoms with van der Waals surface area (Å²) in [6.07, 6.45) is 2.41. The molecule has 0 aliphatic heterocycles. The molecule has 2 aromatic rings. The molecule has 1 aliphatic carbocycles. The molecule has 0 radical (unpaired) electrons. The standard InChI is InChI=1S/C20H22FN3S/c1-13-14(2)19(10-22)20(25)24(15(13)3)12-23(18-8-9-18)11-16-4-6-17(21)7-5-16/h4-7,18H,8-9,11-12H2,1-3H3/p+1. The van der Waals surface area contributed by atoms with Crippen LogP contribution in [0.5, 0.6) is 0 Å². The molecule has 1 heterocycles. The van der Waals surface area contributed by atoms with Crippen LogP contribution in [0.3, 0.4) is 0 Å². The van der Waals surface area contributed by atoms with Gasteiger partial charge in [0.25, 0.3) is 0 Å². The van der Waals surface area contributed by atoms with Crippen LogP contribution in [0.4, 0.5) is 4.39 Å². The number of pyridine rings is 1. The van der Waals surface area contributed by atoms with Gasteiger partial charge in [0.1, 0.15) is 23.1 Å². The summed E-state index contributed by atoms with van der Waals surface area (Å²) in [5.74, 6) is -0.206. The maximum Gasteiger partial charge on any atom is 0.158 e. The van der Waals surface area contributed by atoms with Crippen molar-refractivity contribution in [2.45, 2.75) is 52.9 Å². The van der Waals surface area contributed by atoms with Gasteiger partial charge in [0.15, 0.2) is 6.67 Å². The van der Waals surface area contributed by atoms with Crippen molar-refractivity contribution in [3.63, 3.8) is 0 Å². The highest BCUT2D eigenvalue weighted by atomic mass is 32.1. The lowest BCUT2D eigenvalue weighted by atomic mass is 10.0. The van der Waals surface area contributed by atoms with Gasteiger partial charge in [-0.15, -0.1) is 0 Å². The van der Waals surface area contributed by atoms with Crippen LogP contribution in [0.1, 0.15) is 40.8 Å². The second kappa shape index (κ2) is 7.07. The number of hydrogen-bond acceptors (Lipinski definition) is 2. The normalized spacial score (nSPS) is 15.0. The molecule has 0 saturated heterocycles. The van der Waals surface area contributed by atoms with E-state index in [1.807, 2.05) is 26.0 Å². The maximum atomic E-state index is 13.2. The van der Waals surface area contributed by atoms with Gasteiger partial charge in [0, 0.05) is 24.1 Å². The van der Waals surface area contributed by atoms with Crippen molar-refractivity contribution in [1.82, 2.24) is 4.57 Å². The highest BCUT2D eigenvalue weighted by Crippen LogP contribution is 2.20. The zero-order valence-corrected chi connectivity index (χ0v) is 15.7. The van der Waals surface area contributed by atoms with Crippen molar-refractivity contribution in [3.05, 3.63) is 62.7 Å². The lowest BCUT2D eigenvalue weighted by molar-refractivity contribution is -0.947. The first-order valence-corrected chi connectivity index (χ1v) is 9.03. The summed E-state index contributed by atoms with van der Waals surface area (Å²) in [7, 11) is 0. The monoisotopic (exact) mass is 356 g/mol. The number of rotatable bonds is 5. The largest absolute Gasteiger partial charge is 0.311 e. The fraction of sp³-hybridized carbons (Fsp3) is 0.400. The van der Waals surface area contributed by atoms with Crippen molar-refractivity contribution >= 4 is 12.2 Å². The molecule has 1 saturated carbocycles. The molecule has 0 bridgehead atoms. The van der Waals surface area contributed by atoms with E-state index < -0.39 is 0 Å². The Labute approximate surface area is 153 Å². The quantitative estimate of drug-likeness (QED) is 0.834. The number of nitrogens with one attached hydrogen (secondary N) is 1. The van der Waals surface area contributed by atoms with Crippen LogP contribution < -0.4 is 4.90 Å². The molecule has 3 nitrogen and oxygen atoms in total. The summed E-state index contributed by atoms with van der Waals surface area (Å²) in [5.41, 5.74) is 4.96. The van der Waals surface area contributed by atoms with E-state index in [1.165, 1.54) is 29.9 Å². The van der Waals surface area contributed by atoms with Crippen molar-refractivity contribution in [2.75, 3.05) is 0 Å². The third kappa shape index (κ3) is 3.65. The van der Waals surface area contributed by atoms with Crippen LogP contribution in [-0.2, 0) is 13.2 Å². The Morgan fingerprint density at radius 2 is 1.84 bits per heavy atom. The van der Waals surface area contributed by atoms with Gasteiger partial charge in [-0.05, 0) is 44.0 Å². The molecule has 25 heavy (non-hydrogen) atoms. The first kappa shape index (κ1) is 17.8. The van der Waals surface area contributed by atoms with E-state index in [-0.39, 0.29) is 5.82 Å². The molecule has 1 aromatic heterocycles. The van der Waals surface area contributed by atoms with Crippen molar-refractivity contribution < 1.29 is 9.29 Å².